The van der Waals surface area contributed by atoms with Gasteiger partial charge in [0.1, 0.15) is 5.82 Å². The average molecular weight is 450 g/mol. The van der Waals surface area contributed by atoms with Gasteiger partial charge in [-0.1, -0.05) is 54.2 Å². The number of amides is 1. The Labute approximate surface area is 189 Å². The summed E-state index contributed by atoms with van der Waals surface area (Å²) < 4.78 is 2.07. The lowest BCUT2D eigenvalue weighted by Crippen LogP contribution is -2.14. The van der Waals surface area contributed by atoms with Crippen LogP contribution >= 0.6 is 23.1 Å². The van der Waals surface area contributed by atoms with Crippen LogP contribution in [0.3, 0.4) is 0 Å². The molecule has 2 aromatic carbocycles. The molecule has 1 amide bonds. The van der Waals surface area contributed by atoms with Gasteiger partial charge < -0.3 is 9.88 Å². The molecule has 0 aliphatic carbocycles. The van der Waals surface area contributed by atoms with Gasteiger partial charge in [-0.05, 0) is 31.5 Å². The van der Waals surface area contributed by atoms with Gasteiger partial charge in [0.05, 0.1) is 16.5 Å². The largest absolute Gasteiger partial charge is 0.325 e. The molecule has 0 aliphatic rings. The van der Waals surface area contributed by atoms with Gasteiger partial charge in [-0.25, -0.2) is 4.98 Å². The maximum Gasteiger partial charge on any atom is 0.234 e. The molecular formula is C23H23N5OS2. The SMILES string of the molecule is CCn1c(Cc2ccccc2)nnc1SCC(=O)Nc1cccc(-c2csc(C)n2)c1. The highest BCUT2D eigenvalue weighted by Gasteiger charge is 2.14. The predicted molar refractivity (Wildman–Crippen MR) is 127 cm³/mol. The summed E-state index contributed by atoms with van der Waals surface area (Å²) >= 11 is 3.01. The maximum absolute atomic E-state index is 12.5. The number of aromatic nitrogens is 4. The van der Waals surface area contributed by atoms with Crippen LogP contribution < -0.4 is 5.32 Å². The second-order valence-electron chi connectivity index (χ2n) is 6.97. The monoisotopic (exact) mass is 449 g/mol. The van der Waals surface area contributed by atoms with E-state index in [4.69, 9.17) is 0 Å². The molecule has 0 saturated carbocycles. The third-order valence-corrected chi connectivity index (χ3v) is 6.45. The lowest BCUT2D eigenvalue weighted by molar-refractivity contribution is -0.113. The molecule has 8 heteroatoms. The van der Waals surface area contributed by atoms with Crippen molar-refractivity contribution in [2.24, 2.45) is 0 Å². The molecule has 6 nitrogen and oxygen atoms in total. The van der Waals surface area contributed by atoms with Crippen LogP contribution in [0.2, 0.25) is 0 Å². The molecule has 0 aliphatic heterocycles. The van der Waals surface area contributed by atoms with E-state index in [9.17, 15) is 4.79 Å². The standard InChI is InChI=1S/C23H23N5OS2/c1-3-28-21(12-17-8-5-4-6-9-17)26-27-23(28)31-15-22(29)25-19-11-7-10-18(13-19)20-14-30-16(2)24-20/h4-11,13-14H,3,12,15H2,1-2H3,(H,25,29). The molecule has 0 fully saturated rings. The van der Waals surface area contributed by atoms with Gasteiger partial charge in [-0.15, -0.1) is 21.5 Å². The minimum atomic E-state index is -0.0770. The molecular weight excluding hydrogens is 426 g/mol. The first-order chi connectivity index (χ1) is 15.1. The number of carbonyl (C=O) groups is 1. The van der Waals surface area contributed by atoms with E-state index < -0.39 is 0 Å². The summed E-state index contributed by atoms with van der Waals surface area (Å²) in [5.41, 5.74) is 3.87. The number of hydrogen-bond donors (Lipinski definition) is 1. The number of carbonyl (C=O) groups excluding carboxylic acids is 1. The van der Waals surface area contributed by atoms with Crippen molar-refractivity contribution < 1.29 is 4.79 Å². The minimum Gasteiger partial charge on any atom is -0.325 e. The molecule has 0 bridgehead atoms. The molecule has 0 radical (unpaired) electrons. The zero-order valence-electron chi connectivity index (χ0n) is 17.4. The minimum absolute atomic E-state index is 0.0770. The van der Waals surface area contributed by atoms with Crippen molar-refractivity contribution >= 4 is 34.7 Å². The number of aryl methyl sites for hydroxylation is 1. The summed E-state index contributed by atoms with van der Waals surface area (Å²) in [6.07, 6.45) is 0.720. The normalized spacial score (nSPS) is 10.9. The van der Waals surface area contributed by atoms with Gasteiger partial charge in [-0.3, -0.25) is 4.79 Å². The van der Waals surface area contributed by atoms with E-state index in [1.807, 2.05) is 54.8 Å². The van der Waals surface area contributed by atoms with Gasteiger partial charge in [0, 0.05) is 29.6 Å². The number of nitrogens with zero attached hydrogens (tertiary/aromatic N) is 4. The first kappa shape index (κ1) is 21.3. The van der Waals surface area contributed by atoms with Crippen molar-refractivity contribution in [3.8, 4) is 11.3 Å². The molecule has 0 spiro atoms. The highest BCUT2D eigenvalue weighted by Crippen LogP contribution is 2.25. The number of rotatable bonds is 8. The number of nitrogens with one attached hydrogen (secondary N) is 1. The molecule has 158 valence electrons. The third-order valence-electron chi connectivity index (χ3n) is 4.71. The van der Waals surface area contributed by atoms with Crippen molar-refractivity contribution in [3.05, 3.63) is 76.4 Å². The van der Waals surface area contributed by atoms with E-state index in [-0.39, 0.29) is 11.7 Å². The van der Waals surface area contributed by atoms with Crippen LogP contribution in [0.4, 0.5) is 5.69 Å². The predicted octanol–water partition coefficient (Wildman–Crippen LogP) is 5.05. The van der Waals surface area contributed by atoms with Crippen molar-refractivity contribution in [1.82, 2.24) is 19.7 Å². The second kappa shape index (κ2) is 9.89. The first-order valence-electron chi connectivity index (χ1n) is 10.0. The van der Waals surface area contributed by atoms with Crippen molar-refractivity contribution in [2.75, 3.05) is 11.1 Å². The lowest BCUT2D eigenvalue weighted by Gasteiger charge is -2.08. The van der Waals surface area contributed by atoms with Crippen LogP contribution in [0.1, 0.15) is 23.3 Å². The Kier molecular flexibility index (Phi) is 6.79. The third kappa shape index (κ3) is 5.39. The molecule has 31 heavy (non-hydrogen) atoms. The Bertz CT molecular complexity index is 1170. The van der Waals surface area contributed by atoms with Gasteiger partial charge in [-0.2, -0.15) is 0 Å². The summed E-state index contributed by atoms with van der Waals surface area (Å²) in [6.45, 7) is 4.80. The van der Waals surface area contributed by atoms with Crippen molar-refractivity contribution in [3.63, 3.8) is 0 Å². The molecule has 2 aromatic heterocycles. The van der Waals surface area contributed by atoms with E-state index in [0.717, 1.165) is 45.9 Å². The summed E-state index contributed by atoms with van der Waals surface area (Å²) in [7, 11) is 0. The van der Waals surface area contributed by atoms with Gasteiger partial charge in [0.2, 0.25) is 5.91 Å². The zero-order valence-corrected chi connectivity index (χ0v) is 19.0. The maximum atomic E-state index is 12.5. The highest BCUT2D eigenvalue weighted by molar-refractivity contribution is 7.99. The molecule has 0 atom stereocenters. The summed E-state index contributed by atoms with van der Waals surface area (Å²) in [6, 6.07) is 18.0. The molecule has 0 saturated heterocycles. The first-order valence-corrected chi connectivity index (χ1v) is 11.9. The fraction of sp³-hybridized carbons (Fsp3) is 0.217. The number of hydrogen-bond acceptors (Lipinski definition) is 6. The Hall–Kier alpha value is -2.97. The van der Waals surface area contributed by atoms with Gasteiger partial charge >= 0.3 is 0 Å². The summed E-state index contributed by atoms with van der Waals surface area (Å²) in [4.78, 5) is 17.0. The molecule has 0 unspecified atom stereocenters. The average Bonchev–Trinajstić information content (AvgIpc) is 3.39. The zero-order chi connectivity index (χ0) is 21.6. The number of benzene rings is 2. The fourth-order valence-electron chi connectivity index (χ4n) is 3.23. The summed E-state index contributed by atoms with van der Waals surface area (Å²) in [5.74, 6) is 1.10. The Balaban J connectivity index is 1.38. The number of anilines is 1. The second-order valence-corrected chi connectivity index (χ2v) is 8.98. The van der Waals surface area contributed by atoms with E-state index in [0.29, 0.717) is 0 Å². The van der Waals surface area contributed by atoms with Crippen LogP contribution in [0.25, 0.3) is 11.3 Å². The molecule has 2 heterocycles. The molecule has 4 rings (SSSR count). The summed E-state index contributed by atoms with van der Waals surface area (Å²) in [5, 5.41) is 15.4. The number of thioether (sulfide) groups is 1. The number of thiazole rings is 1. The van der Waals surface area contributed by atoms with Crippen LogP contribution in [0.5, 0.6) is 0 Å². The quantitative estimate of drug-likeness (QED) is 0.381. The van der Waals surface area contributed by atoms with E-state index in [1.165, 1.54) is 17.3 Å². The van der Waals surface area contributed by atoms with Gasteiger partial charge in [0.25, 0.3) is 0 Å². The Morgan fingerprint density at radius 1 is 1.13 bits per heavy atom. The molecule has 4 aromatic rings. The van der Waals surface area contributed by atoms with Gasteiger partial charge in [0.15, 0.2) is 5.16 Å². The van der Waals surface area contributed by atoms with Crippen LogP contribution in [-0.2, 0) is 17.8 Å². The van der Waals surface area contributed by atoms with Crippen LogP contribution in [0, 0.1) is 6.92 Å². The van der Waals surface area contributed by atoms with E-state index >= 15 is 0 Å². The topological polar surface area (TPSA) is 72.7 Å². The van der Waals surface area contributed by atoms with E-state index in [2.05, 4.69) is 44.1 Å². The Morgan fingerprint density at radius 2 is 1.97 bits per heavy atom. The lowest BCUT2D eigenvalue weighted by atomic mass is 10.1. The van der Waals surface area contributed by atoms with Crippen LogP contribution in [0.15, 0.2) is 65.1 Å². The van der Waals surface area contributed by atoms with E-state index in [1.54, 1.807) is 11.3 Å². The molecule has 1 N–H and O–H groups in total. The van der Waals surface area contributed by atoms with Crippen molar-refractivity contribution in [2.45, 2.75) is 32.0 Å². The highest BCUT2D eigenvalue weighted by atomic mass is 32.2. The fourth-order valence-corrected chi connectivity index (χ4v) is 4.68. The van der Waals surface area contributed by atoms with Crippen molar-refractivity contribution in [1.29, 1.82) is 0 Å². The Morgan fingerprint density at radius 3 is 2.71 bits per heavy atom. The van der Waals surface area contributed by atoms with Crippen LogP contribution in [-0.4, -0.2) is 31.4 Å². The smallest absolute Gasteiger partial charge is 0.234 e.